The average molecular weight is 765 g/mol. The Bertz CT molecular complexity index is 3280. The van der Waals surface area contributed by atoms with Crippen LogP contribution in [0.4, 0.5) is 17.1 Å². The maximum Gasteiger partial charge on any atom is 0.0547 e. The van der Waals surface area contributed by atoms with Crippen LogP contribution in [0, 0.1) is 0 Å². The van der Waals surface area contributed by atoms with Gasteiger partial charge in [-0.05, 0) is 92.9 Å². The molecule has 0 aliphatic rings. The SMILES string of the molecule is c1ccc(-c2ccc(N(c3ccccc3-c3ccc4c5ccccc5n(-c5ccc(-c6ccccc6-c6ccccc6)cc5)c4c3)c3cccc4ccccc34)cc2)cc1. The van der Waals surface area contributed by atoms with Gasteiger partial charge >= 0.3 is 0 Å². The minimum Gasteiger partial charge on any atom is -0.309 e. The Balaban J connectivity index is 1.06. The Morgan fingerprint density at radius 1 is 0.283 bits per heavy atom. The summed E-state index contributed by atoms with van der Waals surface area (Å²) < 4.78 is 2.43. The summed E-state index contributed by atoms with van der Waals surface area (Å²) in [5, 5.41) is 4.88. The van der Waals surface area contributed by atoms with Gasteiger partial charge in [0.1, 0.15) is 0 Å². The van der Waals surface area contributed by atoms with Crippen molar-refractivity contribution in [3.8, 4) is 50.2 Å². The van der Waals surface area contributed by atoms with Gasteiger partial charge in [-0.15, -0.1) is 0 Å². The van der Waals surface area contributed by atoms with Crippen LogP contribution in [0.1, 0.15) is 0 Å². The van der Waals surface area contributed by atoms with E-state index >= 15 is 0 Å². The van der Waals surface area contributed by atoms with E-state index in [-0.39, 0.29) is 0 Å². The van der Waals surface area contributed by atoms with E-state index in [0.717, 1.165) is 33.9 Å². The van der Waals surface area contributed by atoms with Gasteiger partial charge in [0.05, 0.1) is 22.4 Å². The monoisotopic (exact) mass is 764 g/mol. The van der Waals surface area contributed by atoms with Crippen molar-refractivity contribution in [2.24, 2.45) is 0 Å². The lowest BCUT2D eigenvalue weighted by Gasteiger charge is -2.29. The summed E-state index contributed by atoms with van der Waals surface area (Å²) in [7, 11) is 0. The molecule has 0 saturated heterocycles. The molecule has 0 spiro atoms. The fourth-order valence-corrected chi connectivity index (χ4v) is 8.97. The van der Waals surface area contributed by atoms with E-state index in [0.29, 0.717) is 0 Å². The first-order valence-electron chi connectivity index (χ1n) is 20.6. The molecule has 0 radical (unpaired) electrons. The van der Waals surface area contributed by atoms with E-state index in [2.05, 4.69) is 252 Å². The molecular formula is C58H40N2. The quantitative estimate of drug-likeness (QED) is 0.150. The van der Waals surface area contributed by atoms with Crippen molar-refractivity contribution in [3.63, 3.8) is 0 Å². The van der Waals surface area contributed by atoms with Gasteiger partial charge in [-0.3, -0.25) is 0 Å². The van der Waals surface area contributed by atoms with Gasteiger partial charge in [-0.25, -0.2) is 0 Å². The molecular weight excluding hydrogens is 725 g/mol. The lowest BCUT2D eigenvalue weighted by molar-refractivity contribution is 1.18. The molecule has 0 aliphatic heterocycles. The first kappa shape index (κ1) is 35.2. The summed E-state index contributed by atoms with van der Waals surface area (Å²) in [4.78, 5) is 2.43. The number of anilines is 3. The lowest BCUT2D eigenvalue weighted by atomic mass is 9.94. The molecule has 2 heteroatoms. The van der Waals surface area contributed by atoms with Crippen LogP contribution < -0.4 is 4.90 Å². The summed E-state index contributed by atoms with van der Waals surface area (Å²) in [6.45, 7) is 0. The molecule has 0 bridgehead atoms. The lowest BCUT2D eigenvalue weighted by Crippen LogP contribution is -2.11. The highest BCUT2D eigenvalue weighted by Crippen LogP contribution is 2.45. The first-order valence-corrected chi connectivity index (χ1v) is 20.6. The van der Waals surface area contributed by atoms with E-state index in [9.17, 15) is 0 Å². The summed E-state index contributed by atoms with van der Waals surface area (Å²) in [5.41, 5.74) is 16.4. The van der Waals surface area contributed by atoms with Gasteiger partial charge in [0.25, 0.3) is 0 Å². The van der Waals surface area contributed by atoms with Gasteiger partial charge in [-0.1, -0.05) is 194 Å². The third-order valence-electron chi connectivity index (χ3n) is 11.8. The third-order valence-corrected chi connectivity index (χ3v) is 11.8. The second-order valence-corrected chi connectivity index (χ2v) is 15.3. The average Bonchev–Trinajstić information content (AvgIpc) is 3.66. The number of fused-ring (bicyclic) bond motifs is 4. The number of hydrogen-bond donors (Lipinski definition) is 0. The van der Waals surface area contributed by atoms with Crippen molar-refractivity contribution in [2.45, 2.75) is 0 Å². The van der Waals surface area contributed by atoms with Crippen LogP contribution in [-0.4, -0.2) is 4.57 Å². The number of rotatable bonds is 8. The summed E-state index contributed by atoms with van der Waals surface area (Å²) in [6.07, 6.45) is 0. The Hall–Kier alpha value is -7.94. The normalized spacial score (nSPS) is 11.3. The van der Waals surface area contributed by atoms with Crippen molar-refractivity contribution in [2.75, 3.05) is 4.90 Å². The zero-order valence-electron chi connectivity index (χ0n) is 33.0. The topological polar surface area (TPSA) is 8.17 Å². The summed E-state index contributed by atoms with van der Waals surface area (Å²) in [5.74, 6) is 0. The molecule has 60 heavy (non-hydrogen) atoms. The molecule has 1 aromatic heterocycles. The predicted octanol–water partition coefficient (Wildman–Crippen LogP) is 16.1. The van der Waals surface area contributed by atoms with Crippen molar-refractivity contribution in [3.05, 3.63) is 243 Å². The third kappa shape index (κ3) is 6.23. The summed E-state index contributed by atoms with van der Waals surface area (Å²) >= 11 is 0. The van der Waals surface area contributed by atoms with Crippen LogP contribution in [0.3, 0.4) is 0 Å². The minimum atomic E-state index is 1.10. The van der Waals surface area contributed by atoms with Crippen LogP contribution in [0.15, 0.2) is 243 Å². The summed E-state index contributed by atoms with van der Waals surface area (Å²) in [6, 6.07) is 87.9. The highest BCUT2D eigenvalue weighted by atomic mass is 15.1. The van der Waals surface area contributed by atoms with Crippen molar-refractivity contribution < 1.29 is 0 Å². The predicted molar refractivity (Wildman–Crippen MR) is 255 cm³/mol. The van der Waals surface area contributed by atoms with Gasteiger partial charge in [-0.2, -0.15) is 0 Å². The zero-order chi connectivity index (χ0) is 39.8. The molecule has 0 aliphatic carbocycles. The molecule has 0 saturated carbocycles. The van der Waals surface area contributed by atoms with Gasteiger partial charge in [0.2, 0.25) is 0 Å². The molecule has 0 fully saturated rings. The molecule has 11 rings (SSSR count). The number of para-hydroxylation sites is 2. The highest BCUT2D eigenvalue weighted by molar-refractivity contribution is 6.11. The molecule has 0 unspecified atom stereocenters. The van der Waals surface area contributed by atoms with Crippen molar-refractivity contribution in [1.82, 2.24) is 4.57 Å². The van der Waals surface area contributed by atoms with E-state index in [1.54, 1.807) is 0 Å². The Labute approximate surface area is 350 Å². The van der Waals surface area contributed by atoms with Crippen molar-refractivity contribution >= 4 is 49.6 Å². The van der Waals surface area contributed by atoms with Crippen LogP contribution in [0.25, 0.3) is 82.8 Å². The Kier molecular flexibility index (Phi) is 8.87. The molecule has 0 atom stereocenters. The maximum atomic E-state index is 2.43. The Morgan fingerprint density at radius 2 is 0.783 bits per heavy atom. The van der Waals surface area contributed by atoms with Gasteiger partial charge in [0.15, 0.2) is 0 Å². The van der Waals surface area contributed by atoms with Crippen LogP contribution in [0.2, 0.25) is 0 Å². The standard InChI is InChI=1S/C58H40N2/c1-3-16-41(17-4-1)42-30-35-47(36-31-42)59(56-29-15-21-44-20-7-8-24-51(44)56)55-27-13-11-25-52(55)46-34-39-54-53-26-12-14-28-57(53)60(58(54)40-46)48-37-32-45(33-38-48)50-23-10-9-22-49(50)43-18-5-2-6-19-43/h1-40H. The minimum absolute atomic E-state index is 1.10. The molecule has 2 nitrogen and oxygen atoms in total. The second-order valence-electron chi connectivity index (χ2n) is 15.3. The van der Waals surface area contributed by atoms with Gasteiger partial charge in [0, 0.05) is 33.1 Å². The molecule has 0 N–H and O–H groups in total. The number of nitrogens with zero attached hydrogens (tertiary/aromatic N) is 2. The first-order chi connectivity index (χ1) is 29.8. The number of aromatic nitrogens is 1. The zero-order valence-corrected chi connectivity index (χ0v) is 33.0. The van der Waals surface area contributed by atoms with Crippen LogP contribution in [-0.2, 0) is 0 Å². The second kappa shape index (κ2) is 15.1. The molecule has 10 aromatic carbocycles. The Morgan fingerprint density at radius 3 is 1.53 bits per heavy atom. The van der Waals surface area contributed by atoms with E-state index < -0.39 is 0 Å². The molecule has 11 aromatic rings. The van der Waals surface area contributed by atoms with Crippen molar-refractivity contribution in [1.29, 1.82) is 0 Å². The highest BCUT2D eigenvalue weighted by Gasteiger charge is 2.21. The molecule has 1 heterocycles. The van der Waals surface area contributed by atoms with E-state index in [4.69, 9.17) is 0 Å². The molecule has 0 amide bonds. The fourth-order valence-electron chi connectivity index (χ4n) is 8.97. The maximum absolute atomic E-state index is 2.43. The number of hydrogen-bond acceptors (Lipinski definition) is 1. The fraction of sp³-hybridized carbons (Fsp3) is 0. The number of benzene rings is 10. The largest absolute Gasteiger partial charge is 0.309 e. The molecule has 282 valence electrons. The smallest absolute Gasteiger partial charge is 0.0547 e. The van der Waals surface area contributed by atoms with Crippen LogP contribution >= 0.6 is 0 Å². The van der Waals surface area contributed by atoms with Gasteiger partial charge < -0.3 is 9.47 Å². The van der Waals surface area contributed by atoms with E-state index in [1.807, 2.05) is 0 Å². The van der Waals surface area contributed by atoms with E-state index in [1.165, 1.54) is 66.0 Å². The van der Waals surface area contributed by atoms with Crippen LogP contribution in [0.5, 0.6) is 0 Å².